The molecule has 2 N–H and O–H groups in total. The zero-order valence-corrected chi connectivity index (χ0v) is 17.5. The van der Waals surface area contributed by atoms with Crippen molar-refractivity contribution in [3.05, 3.63) is 65.5 Å². The predicted octanol–water partition coefficient (Wildman–Crippen LogP) is 5.21. The first-order valence-corrected chi connectivity index (χ1v) is 10.4. The SMILES string of the molecule is Fc1ccc(Nc2nc(N/N=C/c3ccccc3C(F)(F)F)nc(N3CCCCC3)n2)cc1. The molecule has 2 heterocycles. The van der Waals surface area contributed by atoms with Gasteiger partial charge in [-0.1, -0.05) is 18.2 Å². The lowest BCUT2D eigenvalue weighted by molar-refractivity contribution is -0.137. The van der Waals surface area contributed by atoms with Crippen molar-refractivity contribution < 1.29 is 17.6 Å². The van der Waals surface area contributed by atoms with E-state index in [1.54, 1.807) is 12.1 Å². The minimum absolute atomic E-state index is 0.0657. The second-order valence-corrected chi connectivity index (χ2v) is 7.42. The Balaban J connectivity index is 1.59. The van der Waals surface area contributed by atoms with Crippen LogP contribution in [0, 0.1) is 5.82 Å². The van der Waals surface area contributed by atoms with Crippen LogP contribution in [-0.4, -0.2) is 34.3 Å². The van der Waals surface area contributed by atoms with Crippen LogP contribution in [0.4, 0.5) is 41.1 Å². The van der Waals surface area contributed by atoms with Crippen LogP contribution in [0.3, 0.4) is 0 Å². The zero-order valence-electron chi connectivity index (χ0n) is 17.5. The molecule has 1 aromatic heterocycles. The van der Waals surface area contributed by atoms with Gasteiger partial charge in [0, 0.05) is 24.3 Å². The summed E-state index contributed by atoms with van der Waals surface area (Å²) >= 11 is 0. The highest BCUT2D eigenvalue weighted by molar-refractivity contribution is 5.82. The molecule has 0 saturated carbocycles. The molecule has 0 spiro atoms. The van der Waals surface area contributed by atoms with Crippen LogP contribution in [0.15, 0.2) is 53.6 Å². The number of anilines is 4. The monoisotopic (exact) mass is 459 g/mol. The number of rotatable bonds is 6. The maximum absolute atomic E-state index is 13.2. The number of alkyl halides is 3. The number of hydrogen-bond donors (Lipinski definition) is 2. The highest BCUT2D eigenvalue weighted by Crippen LogP contribution is 2.31. The number of benzene rings is 2. The van der Waals surface area contributed by atoms with E-state index in [0.717, 1.165) is 44.6 Å². The van der Waals surface area contributed by atoms with Gasteiger partial charge in [-0.25, -0.2) is 9.82 Å². The average Bonchev–Trinajstić information content (AvgIpc) is 2.81. The summed E-state index contributed by atoms with van der Waals surface area (Å²) in [6, 6.07) is 10.8. The normalized spacial score (nSPS) is 14.5. The molecule has 0 bridgehead atoms. The summed E-state index contributed by atoms with van der Waals surface area (Å²) in [6.07, 6.45) is -0.302. The van der Waals surface area contributed by atoms with Gasteiger partial charge in [-0.3, -0.25) is 0 Å². The molecule has 1 fully saturated rings. The van der Waals surface area contributed by atoms with E-state index in [0.29, 0.717) is 11.6 Å². The van der Waals surface area contributed by atoms with Gasteiger partial charge >= 0.3 is 6.18 Å². The molecule has 11 heteroatoms. The van der Waals surface area contributed by atoms with Crippen molar-refractivity contribution in [1.82, 2.24) is 15.0 Å². The molecule has 7 nitrogen and oxygen atoms in total. The highest BCUT2D eigenvalue weighted by Gasteiger charge is 2.32. The van der Waals surface area contributed by atoms with Crippen molar-refractivity contribution in [3.63, 3.8) is 0 Å². The van der Waals surface area contributed by atoms with E-state index in [-0.39, 0.29) is 23.3 Å². The minimum atomic E-state index is -4.50. The van der Waals surface area contributed by atoms with Gasteiger partial charge in [0.2, 0.25) is 17.8 Å². The molecule has 1 saturated heterocycles. The predicted molar refractivity (Wildman–Crippen MR) is 118 cm³/mol. The van der Waals surface area contributed by atoms with Crippen LogP contribution in [0.2, 0.25) is 0 Å². The van der Waals surface area contributed by atoms with Crippen LogP contribution in [-0.2, 0) is 6.18 Å². The van der Waals surface area contributed by atoms with Crippen molar-refractivity contribution in [3.8, 4) is 0 Å². The minimum Gasteiger partial charge on any atom is -0.341 e. The van der Waals surface area contributed by atoms with Gasteiger partial charge in [-0.15, -0.1) is 0 Å². The van der Waals surface area contributed by atoms with Crippen LogP contribution in [0.5, 0.6) is 0 Å². The Morgan fingerprint density at radius 1 is 0.879 bits per heavy atom. The Labute approximate surface area is 187 Å². The quantitative estimate of drug-likeness (QED) is 0.299. The molecule has 0 aliphatic carbocycles. The Morgan fingerprint density at radius 3 is 2.30 bits per heavy atom. The lowest BCUT2D eigenvalue weighted by atomic mass is 10.1. The van der Waals surface area contributed by atoms with Gasteiger partial charge < -0.3 is 10.2 Å². The average molecular weight is 459 g/mol. The Kier molecular flexibility index (Phi) is 6.66. The summed E-state index contributed by atoms with van der Waals surface area (Å²) < 4.78 is 52.8. The molecule has 0 radical (unpaired) electrons. The fourth-order valence-corrected chi connectivity index (χ4v) is 3.40. The van der Waals surface area contributed by atoms with Crippen LogP contribution in [0.25, 0.3) is 0 Å². The second-order valence-electron chi connectivity index (χ2n) is 7.42. The summed E-state index contributed by atoms with van der Waals surface area (Å²) in [5.41, 5.74) is 2.29. The fourth-order valence-electron chi connectivity index (χ4n) is 3.40. The van der Waals surface area contributed by atoms with E-state index in [1.807, 2.05) is 4.90 Å². The fraction of sp³-hybridized carbons (Fsp3) is 0.273. The Bertz CT molecular complexity index is 1110. The van der Waals surface area contributed by atoms with Crippen molar-refractivity contribution in [2.24, 2.45) is 5.10 Å². The van der Waals surface area contributed by atoms with E-state index in [4.69, 9.17) is 0 Å². The topological polar surface area (TPSA) is 78.3 Å². The van der Waals surface area contributed by atoms with Gasteiger partial charge in [-0.2, -0.15) is 33.2 Å². The van der Waals surface area contributed by atoms with Crippen molar-refractivity contribution in [2.75, 3.05) is 28.7 Å². The summed E-state index contributed by atoms with van der Waals surface area (Å²) in [5.74, 6) is 0.310. The third-order valence-electron chi connectivity index (χ3n) is 5.00. The van der Waals surface area contributed by atoms with Crippen molar-refractivity contribution in [2.45, 2.75) is 25.4 Å². The first-order valence-electron chi connectivity index (χ1n) is 10.4. The lowest BCUT2D eigenvalue weighted by Gasteiger charge is -2.26. The van der Waals surface area contributed by atoms with E-state index in [9.17, 15) is 17.6 Å². The van der Waals surface area contributed by atoms with Crippen LogP contribution in [0.1, 0.15) is 30.4 Å². The maximum atomic E-state index is 13.2. The van der Waals surface area contributed by atoms with Crippen LogP contribution >= 0.6 is 0 Å². The van der Waals surface area contributed by atoms with Gasteiger partial charge in [0.25, 0.3) is 0 Å². The number of aromatic nitrogens is 3. The molecule has 2 aromatic carbocycles. The van der Waals surface area contributed by atoms with E-state index in [1.165, 1.54) is 30.3 Å². The molecule has 1 aliphatic rings. The van der Waals surface area contributed by atoms with E-state index in [2.05, 4.69) is 30.8 Å². The highest BCUT2D eigenvalue weighted by atomic mass is 19.4. The Hall–Kier alpha value is -3.76. The lowest BCUT2D eigenvalue weighted by Crippen LogP contribution is -2.31. The maximum Gasteiger partial charge on any atom is 0.417 e. The largest absolute Gasteiger partial charge is 0.417 e. The number of nitrogens with zero attached hydrogens (tertiary/aromatic N) is 5. The van der Waals surface area contributed by atoms with Crippen LogP contribution < -0.4 is 15.6 Å². The van der Waals surface area contributed by atoms with E-state index < -0.39 is 11.7 Å². The molecule has 1 aliphatic heterocycles. The first kappa shape index (κ1) is 22.4. The summed E-state index contributed by atoms with van der Waals surface area (Å²) in [5, 5.41) is 6.90. The number of hydrazone groups is 1. The molecule has 33 heavy (non-hydrogen) atoms. The number of nitrogens with one attached hydrogen (secondary N) is 2. The third-order valence-corrected chi connectivity index (χ3v) is 5.00. The second kappa shape index (κ2) is 9.80. The summed E-state index contributed by atoms with van der Waals surface area (Å²) in [6.45, 7) is 1.56. The first-order chi connectivity index (χ1) is 15.9. The molecular formula is C22H21F4N7. The molecular weight excluding hydrogens is 438 g/mol. The zero-order chi connectivity index (χ0) is 23.3. The Morgan fingerprint density at radius 2 is 1.58 bits per heavy atom. The molecule has 4 rings (SSSR count). The van der Waals surface area contributed by atoms with Crippen molar-refractivity contribution >= 4 is 29.7 Å². The smallest absolute Gasteiger partial charge is 0.341 e. The van der Waals surface area contributed by atoms with Crippen molar-refractivity contribution in [1.29, 1.82) is 0 Å². The molecule has 3 aromatic rings. The van der Waals surface area contributed by atoms with E-state index >= 15 is 0 Å². The standard InChI is InChI=1S/C22H21F4N7/c23-16-8-10-17(11-9-16)28-19-29-20(31-21(30-19)33-12-4-1-5-13-33)32-27-14-15-6-2-3-7-18(15)22(24,25)26/h2-3,6-11,14H,1,4-5,12-13H2,(H2,28,29,30,31,32)/b27-14+. The van der Waals surface area contributed by atoms with Gasteiger partial charge in [0.1, 0.15) is 5.82 Å². The summed E-state index contributed by atoms with van der Waals surface area (Å²) in [4.78, 5) is 15.1. The summed E-state index contributed by atoms with van der Waals surface area (Å²) in [7, 11) is 0. The molecule has 172 valence electrons. The number of hydrogen-bond acceptors (Lipinski definition) is 7. The third kappa shape index (κ3) is 5.93. The van der Waals surface area contributed by atoms with Gasteiger partial charge in [-0.05, 0) is 49.6 Å². The molecule has 0 amide bonds. The van der Waals surface area contributed by atoms with Gasteiger partial charge in [0.05, 0.1) is 11.8 Å². The number of halogens is 4. The number of piperidine rings is 1. The molecule has 0 unspecified atom stereocenters. The van der Waals surface area contributed by atoms with Gasteiger partial charge in [0.15, 0.2) is 0 Å². The molecule has 0 atom stereocenters.